The number of nitrogens with zero attached hydrogens (tertiary/aromatic N) is 1. The first-order chi connectivity index (χ1) is 14.8. The molecule has 0 aromatic heterocycles. The van der Waals surface area contributed by atoms with Crippen LogP contribution in [0.4, 0.5) is 0 Å². The summed E-state index contributed by atoms with van der Waals surface area (Å²) in [6.45, 7) is 8.11. The Bertz CT molecular complexity index is 1400. The highest BCUT2D eigenvalue weighted by Crippen LogP contribution is 2.42. The molecule has 4 heteroatoms. The van der Waals surface area contributed by atoms with E-state index in [0.29, 0.717) is 45.3 Å². The number of fused-ring (bicyclic) bond motifs is 2. The third-order valence-electron chi connectivity index (χ3n) is 5.19. The molecule has 146 valence electrons. The second-order valence-electron chi connectivity index (χ2n) is 7.17. The van der Waals surface area contributed by atoms with Gasteiger partial charge in [-0.1, -0.05) is 18.2 Å². The minimum absolute atomic E-state index is 0.144. The van der Waals surface area contributed by atoms with Gasteiger partial charge >= 0.3 is 5.97 Å². The number of carboxylic acids is 1. The van der Waals surface area contributed by atoms with Gasteiger partial charge in [-0.05, 0) is 74.2 Å². The molecule has 0 radical (unpaired) electrons. The fourth-order valence-electron chi connectivity index (χ4n) is 3.63. The summed E-state index contributed by atoms with van der Waals surface area (Å²) in [6.07, 6.45) is 0. The van der Waals surface area contributed by atoms with Crippen LogP contribution in [0.2, 0.25) is 0 Å². The molecule has 0 atom stereocenters. The van der Waals surface area contributed by atoms with Crippen molar-refractivity contribution in [1.82, 2.24) is 0 Å². The van der Waals surface area contributed by atoms with Crippen molar-refractivity contribution in [2.24, 2.45) is 4.99 Å². The summed E-state index contributed by atoms with van der Waals surface area (Å²) in [7, 11) is 0. The van der Waals surface area contributed by atoms with E-state index < -0.39 is 5.97 Å². The average Bonchev–Trinajstić information content (AvgIpc) is 2.74. The first-order valence-electron chi connectivity index (χ1n) is 10.6. The van der Waals surface area contributed by atoms with E-state index in [9.17, 15) is 9.90 Å². The maximum Gasteiger partial charge on any atom is 0.336 e. The predicted octanol–water partition coefficient (Wildman–Crippen LogP) is 5.75. The zero-order chi connectivity index (χ0) is 22.4. The number of carbonyl (C=O) groups is 1. The third-order valence-corrected chi connectivity index (χ3v) is 5.19. The maximum atomic E-state index is 12.0. The van der Waals surface area contributed by atoms with Crippen molar-refractivity contribution >= 4 is 16.9 Å². The van der Waals surface area contributed by atoms with Gasteiger partial charge in [-0.3, -0.25) is 4.99 Å². The van der Waals surface area contributed by atoms with Crippen LogP contribution in [0.1, 0.15) is 36.7 Å². The second kappa shape index (κ2) is 7.21. The van der Waals surface area contributed by atoms with Crippen LogP contribution in [0.5, 0.6) is 0 Å². The summed E-state index contributed by atoms with van der Waals surface area (Å²) >= 11 is 0. The predicted molar refractivity (Wildman–Crippen MR) is 116 cm³/mol. The lowest BCUT2D eigenvalue weighted by atomic mass is 9.89. The highest BCUT2D eigenvalue weighted by atomic mass is 16.4. The molecule has 2 aromatic rings. The van der Waals surface area contributed by atoms with E-state index in [1.807, 2.05) is 39.8 Å². The molecule has 29 heavy (non-hydrogen) atoms. The number of aromatic carboxylic acids is 1. The number of carboxylic acid groups (broad SMARTS) is 1. The molecule has 1 N–H and O–H groups in total. The molecule has 2 aromatic carbocycles. The van der Waals surface area contributed by atoms with Crippen LogP contribution in [0.3, 0.4) is 0 Å². The molecule has 1 aliphatic carbocycles. The monoisotopic (exact) mass is 387 g/mol. The smallest absolute Gasteiger partial charge is 0.336 e. The van der Waals surface area contributed by atoms with Crippen LogP contribution in [0, 0.1) is 20.8 Å². The lowest BCUT2D eigenvalue weighted by Gasteiger charge is -2.18. The summed E-state index contributed by atoms with van der Waals surface area (Å²) in [5.74, 6) is -0.731. The van der Waals surface area contributed by atoms with Crippen LogP contribution in [-0.4, -0.2) is 17.6 Å². The number of hydrogen-bond donors (Lipinski definition) is 1. The van der Waals surface area contributed by atoms with E-state index in [0.717, 1.165) is 16.7 Å². The van der Waals surface area contributed by atoms with Crippen molar-refractivity contribution in [1.29, 1.82) is 0 Å². The van der Waals surface area contributed by atoms with Gasteiger partial charge in [0.05, 0.1) is 13.7 Å². The lowest BCUT2D eigenvalue weighted by Crippen LogP contribution is -2.09. The molecule has 0 amide bonds. The highest BCUT2D eigenvalue weighted by molar-refractivity contribution is 6.07. The first-order valence-corrected chi connectivity index (χ1v) is 9.56. The van der Waals surface area contributed by atoms with Gasteiger partial charge in [0.2, 0.25) is 0 Å². The number of rotatable bonds is 3. The molecule has 0 saturated carbocycles. The summed E-state index contributed by atoms with van der Waals surface area (Å²) in [5.41, 5.74) is 4.84. The molecule has 0 spiro atoms. The van der Waals surface area contributed by atoms with Crippen molar-refractivity contribution in [2.75, 3.05) is 6.54 Å². The Balaban J connectivity index is 2.33. The lowest BCUT2D eigenvalue weighted by molar-refractivity contribution is 0.0697. The van der Waals surface area contributed by atoms with Gasteiger partial charge in [-0.15, -0.1) is 0 Å². The maximum absolute atomic E-state index is 12.0. The first kappa shape index (κ1) is 16.5. The molecule has 0 fully saturated rings. The van der Waals surface area contributed by atoms with Crippen molar-refractivity contribution in [3.8, 4) is 22.5 Å². The Kier molecular flexibility index (Phi) is 4.11. The van der Waals surface area contributed by atoms with Gasteiger partial charge in [-0.2, -0.15) is 0 Å². The Morgan fingerprint density at radius 1 is 1.07 bits per heavy atom. The summed E-state index contributed by atoms with van der Waals surface area (Å²) in [4.78, 5) is 16.5. The number of aryl methyl sites for hydroxylation is 2. The summed E-state index contributed by atoms with van der Waals surface area (Å²) in [5, 5.41) is 11.0. The zero-order valence-electron chi connectivity index (χ0n) is 18.9. The molecule has 0 bridgehead atoms. The van der Waals surface area contributed by atoms with E-state index in [4.69, 9.17) is 7.16 Å². The molecule has 0 saturated heterocycles. The number of benzene rings is 3. The van der Waals surface area contributed by atoms with E-state index in [-0.39, 0.29) is 17.6 Å². The second-order valence-corrected chi connectivity index (χ2v) is 7.17. The van der Waals surface area contributed by atoms with Crippen LogP contribution < -0.4 is 5.36 Å². The minimum atomic E-state index is -1.03. The van der Waals surface area contributed by atoms with Gasteiger partial charge in [0.1, 0.15) is 11.3 Å². The minimum Gasteiger partial charge on any atom is -0.478 e. The Morgan fingerprint density at radius 3 is 2.55 bits per heavy atom. The van der Waals surface area contributed by atoms with Crippen molar-refractivity contribution in [3.63, 3.8) is 0 Å². The molecule has 2 aliphatic rings. The fraction of sp³-hybridized carbons (Fsp3) is 0.200. The summed E-state index contributed by atoms with van der Waals surface area (Å²) in [6, 6.07) is 11.0. The fourth-order valence-corrected chi connectivity index (χ4v) is 3.63. The molecule has 0 unspecified atom stereocenters. The molecule has 1 aliphatic heterocycles. The Morgan fingerprint density at radius 2 is 1.83 bits per heavy atom. The molecular weight excluding hydrogens is 362 g/mol. The molecule has 4 rings (SSSR count). The topological polar surface area (TPSA) is 62.8 Å². The van der Waals surface area contributed by atoms with Gasteiger partial charge in [0, 0.05) is 29.1 Å². The van der Waals surface area contributed by atoms with Gasteiger partial charge < -0.3 is 9.52 Å². The Labute approximate surface area is 172 Å². The quantitative estimate of drug-likeness (QED) is 0.455. The zero-order valence-corrected chi connectivity index (χ0v) is 16.9. The van der Waals surface area contributed by atoms with Gasteiger partial charge in [0.15, 0.2) is 0 Å². The van der Waals surface area contributed by atoms with E-state index >= 15 is 0 Å². The van der Waals surface area contributed by atoms with Crippen molar-refractivity contribution < 1.29 is 17.1 Å². The standard InChI is InChI=1S/C25H23NO3/c1-5-26-21-13-23-20(11-16(21)4)24(17-8-6-7-9-18(17)25(27)28)19-10-14(2)15(3)12-22(19)29-23/h6-13H,5H2,1-4H3,(H,27,28)/i12D,13D. The van der Waals surface area contributed by atoms with Gasteiger partial charge in [-0.25, -0.2) is 4.79 Å². The normalized spacial score (nSPS) is 13.0. The van der Waals surface area contributed by atoms with Crippen molar-refractivity contribution in [2.45, 2.75) is 27.7 Å². The van der Waals surface area contributed by atoms with Gasteiger partial charge in [0.25, 0.3) is 0 Å². The van der Waals surface area contributed by atoms with Crippen LogP contribution >= 0.6 is 0 Å². The highest BCUT2D eigenvalue weighted by Gasteiger charge is 2.22. The molecular formula is C25H23NO3. The van der Waals surface area contributed by atoms with Crippen LogP contribution in [0.15, 0.2) is 57.9 Å². The summed E-state index contributed by atoms with van der Waals surface area (Å²) < 4.78 is 23.6. The average molecular weight is 387 g/mol. The van der Waals surface area contributed by atoms with E-state index in [2.05, 4.69) is 4.99 Å². The van der Waals surface area contributed by atoms with E-state index in [1.54, 1.807) is 24.3 Å². The number of hydrogen-bond acceptors (Lipinski definition) is 3. The molecule has 1 heterocycles. The third kappa shape index (κ3) is 3.21. The van der Waals surface area contributed by atoms with Crippen LogP contribution in [0.25, 0.3) is 33.4 Å². The van der Waals surface area contributed by atoms with Crippen LogP contribution in [-0.2, 0) is 0 Å². The SMILES string of the molecule is [2H]c1c2oc3c([2H])c(C)c(C)cc3c(-c3ccccc3C(=O)O)c-2cc(C)c1=NCC. The van der Waals surface area contributed by atoms with E-state index in [1.165, 1.54) is 0 Å². The van der Waals surface area contributed by atoms with Crippen molar-refractivity contribution in [3.05, 3.63) is 76.1 Å². The molecule has 4 nitrogen and oxygen atoms in total. The Hall–Kier alpha value is -3.40. The largest absolute Gasteiger partial charge is 0.478 e.